The molecule has 0 fully saturated rings. The highest BCUT2D eigenvalue weighted by atomic mass is 16.3. The van der Waals surface area contributed by atoms with Gasteiger partial charge in [-0.15, -0.1) is 0 Å². The van der Waals surface area contributed by atoms with Gasteiger partial charge in [0.2, 0.25) is 0 Å². The zero-order valence-corrected chi connectivity index (χ0v) is 13.3. The van der Waals surface area contributed by atoms with Gasteiger partial charge in [-0.2, -0.15) is 0 Å². The van der Waals surface area contributed by atoms with Gasteiger partial charge in [-0.1, -0.05) is 19.8 Å². The van der Waals surface area contributed by atoms with Crippen LogP contribution in [0.5, 0.6) is 0 Å². The van der Waals surface area contributed by atoms with Gasteiger partial charge in [0.15, 0.2) is 0 Å². The van der Waals surface area contributed by atoms with Gasteiger partial charge in [0.1, 0.15) is 0 Å². The van der Waals surface area contributed by atoms with Gasteiger partial charge in [-0.05, 0) is 51.4 Å². The maximum Gasteiger partial charge on any atom is 0.0563 e. The minimum absolute atomic E-state index is 0.0453. The highest BCUT2D eigenvalue weighted by Gasteiger charge is 2.13. The Hall–Kier alpha value is -0.200. The summed E-state index contributed by atoms with van der Waals surface area (Å²) in [5, 5.41) is 47.4. The summed E-state index contributed by atoms with van der Waals surface area (Å²) in [6.45, 7) is 2.04. The van der Waals surface area contributed by atoms with Crippen LogP contribution in [0.1, 0.15) is 71.1 Å². The fourth-order valence-corrected chi connectivity index (χ4v) is 2.32. The van der Waals surface area contributed by atoms with Gasteiger partial charge in [-0.25, -0.2) is 0 Å². The van der Waals surface area contributed by atoms with Crippen molar-refractivity contribution in [2.45, 2.75) is 95.5 Å². The molecular weight excluding hydrogens is 272 g/mol. The molecule has 0 aromatic carbocycles. The molecule has 0 spiro atoms. The molecule has 0 aromatic heterocycles. The fourth-order valence-electron chi connectivity index (χ4n) is 2.32. The second-order valence-corrected chi connectivity index (χ2v) is 6.00. The second kappa shape index (κ2) is 13.5. The molecular formula is C16H34O5. The Morgan fingerprint density at radius 2 is 0.905 bits per heavy atom. The van der Waals surface area contributed by atoms with Crippen molar-refractivity contribution in [3.05, 3.63) is 0 Å². The predicted molar refractivity (Wildman–Crippen MR) is 83.0 cm³/mol. The van der Waals surface area contributed by atoms with Crippen LogP contribution in [-0.2, 0) is 0 Å². The lowest BCUT2D eigenvalue weighted by Crippen LogP contribution is -2.18. The smallest absolute Gasteiger partial charge is 0.0563 e. The summed E-state index contributed by atoms with van der Waals surface area (Å²) in [6, 6.07) is 0. The van der Waals surface area contributed by atoms with Crippen LogP contribution in [0.25, 0.3) is 0 Å². The van der Waals surface area contributed by atoms with Crippen molar-refractivity contribution >= 4 is 0 Å². The van der Waals surface area contributed by atoms with Gasteiger partial charge in [0.25, 0.3) is 0 Å². The molecule has 0 aliphatic rings. The molecule has 4 atom stereocenters. The highest BCUT2D eigenvalue weighted by Crippen LogP contribution is 2.14. The molecule has 0 saturated heterocycles. The first-order chi connectivity index (χ1) is 9.99. The van der Waals surface area contributed by atoms with Crippen molar-refractivity contribution in [3.63, 3.8) is 0 Å². The van der Waals surface area contributed by atoms with Crippen molar-refractivity contribution < 1.29 is 25.5 Å². The van der Waals surface area contributed by atoms with Gasteiger partial charge < -0.3 is 25.5 Å². The first-order valence-corrected chi connectivity index (χ1v) is 8.32. The van der Waals surface area contributed by atoms with E-state index in [2.05, 4.69) is 6.92 Å². The first-order valence-electron chi connectivity index (χ1n) is 8.32. The van der Waals surface area contributed by atoms with E-state index >= 15 is 0 Å². The molecule has 4 unspecified atom stereocenters. The molecule has 0 heterocycles. The largest absolute Gasteiger partial charge is 0.396 e. The monoisotopic (exact) mass is 306 g/mol. The summed E-state index contributed by atoms with van der Waals surface area (Å²) in [7, 11) is 0. The lowest BCUT2D eigenvalue weighted by molar-refractivity contribution is 0.0696. The molecule has 0 aromatic rings. The third-order valence-corrected chi connectivity index (χ3v) is 3.85. The van der Waals surface area contributed by atoms with E-state index in [0.717, 1.165) is 19.3 Å². The second-order valence-electron chi connectivity index (χ2n) is 6.00. The number of hydrogen-bond donors (Lipinski definition) is 5. The van der Waals surface area contributed by atoms with Crippen LogP contribution in [-0.4, -0.2) is 56.6 Å². The maximum absolute atomic E-state index is 9.83. The summed E-state index contributed by atoms with van der Waals surface area (Å²) in [6.07, 6.45) is 4.39. The number of hydrogen-bond acceptors (Lipinski definition) is 5. The molecule has 128 valence electrons. The summed E-state index contributed by atoms with van der Waals surface area (Å²) in [4.78, 5) is 0. The van der Waals surface area contributed by atoms with E-state index in [1.165, 1.54) is 0 Å². The third kappa shape index (κ3) is 13.2. The summed E-state index contributed by atoms with van der Waals surface area (Å²) in [5.74, 6) is 0. The molecule has 5 heteroatoms. The number of unbranched alkanes of at least 4 members (excludes halogenated alkanes) is 1. The molecule has 5 nitrogen and oxygen atoms in total. The van der Waals surface area contributed by atoms with Crippen LogP contribution < -0.4 is 0 Å². The Bertz CT molecular complexity index is 225. The first kappa shape index (κ1) is 20.8. The zero-order chi connectivity index (χ0) is 16.1. The Balaban J connectivity index is 3.60. The fraction of sp³-hybridized carbons (Fsp3) is 1.00. The van der Waals surface area contributed by atoms with Crippen LogP contribution in [0.2, 0.25) is 0 Å². The zero-order valence-electron chi connectivity index (χ0n) is 13.3. The number of aliphatic hydroxyl groups excluding tert-OH is 5. The van der Waals surface area contributed by atoms with E-state index in [9.17, 15) is 20.4 Å². The van der Waals surface area contributed by atoms with Gasteiger partial charge in [-0.3, -0.25) is 0 Å². The van der Waals surface area contributed by atoms with Gasteiger partial charge in [0.05, 0.1) is 24.4 Å². The van der Waals surface area contributed by atoms with Crippen molar-refractivity contribution in [1.29, 1.82) is 0 Å². The molecule has 5 N–H and O–H groups in total. The standard InChI is InChI=1S/C16H34O5/c1-2-3-4-13(18)5-6-14(19)7-8-15(20)9-10-16(21)11-12-17/h13-21H,2-12H2,1H3. The minimum Gasteiger partial charge on any atom is -0.396 e. The minimum atomic E-state index is -0.566. The van der Waals surface area contributed by atoms with Crippen molar-refractivity contribution in [3.8, 4) is 0 Å². The van der Waals surface area contributed by atoms with Crippen molar-refractivity contribution in [2.24, 2.45) is 0 Å². The number of aliphatic hydroxyl groups is 5. The predicted octanol–water partition coefficient (Wildman–Crippen LogP) is 1.34. The molecule has 0 rings (SSSR count). The Labute approximate surface area is 128 Å². The maximum atomic E-state index is 9.83. The lowest BCUT2D eigenvalue weighted by Gasteiger charge is -2.17. The van der Waals surface area contributed by atoms with Crippen molar-refractivity contribution in [1.82, 2.24) is 0 Å². The summed E-state index contributed by atoms with van der Waals surface area (Å²) in [5.41, 5.74) is 0. The Morgan fingerprint density at radius 3 is 1.24 bits per heavy atom. The molecule has 0 saturated carbocycles. The topological polar surface area (TPSA) is 101 Å². The van der Waals surface area contributed by atoms with Crippen LogP contribution in [0.3, 0.4) is 0 Å². The molecule has 0 radical (unpaired) electrons. The Kier molecular flexibility index (Phi) is 13.3. The average Bonchev–Trinajstić information content (AvgIpc) is 2.46. The molecule has 21 heavy (non-hydrogen) atoms. The molecule has 0 aliphatic carbocycles. The summed E-state index contributed by atoms with van der Waals surface area (Å²) < 4.78 is 0. The summed E-state index contributed by atoms with van der Waals surface area (Å²) >= 11 is 0. The van der Waals surface area contributed by atoms with Crippen LogP contribution in [0, 0.1) is 0 Å². The van der Waals surface area contributed by atoms with Crippen molar-refractivity contribution in [2.75, 3.05) is 6.61 Å². The average molecular weight is 306 g/mol. The molecule has 0 bridgehead atoms. The van der Waals surface area contributed by atoms with E-state index in [-0.39, 0.29) is 12.7 Å². The third-order valence-electron chi connectivity index (χ3n) is 3.85. The molecule has 0 aliphatic heterocycles. The lowest BCUT2D eigenvalue weighted by atomic mass is 9.99. The van der Waals surface area contributed by atoms with Gasteiger partial charge in [0, 0.05) is 6.61 Å². The van der Waals surface area contributed by atoms with E-state index in [0.29, 0.717) is 44.9 Å². The van der Waals surface area contributed by atoms with Crippen LogP contribution in [0.4, 0.5) is 0 Å². The Morgan fingerprint density at radius 1 is 0.571 bits per heavy atom. The van der Waals surface area contributed by atoms with E-state index in [4.69, 9.17) is 5.11 Å². The quantitative estimate of drug-likeness (QED) is 0.333. The van der Waals surface area contributed by atoms with E-state index in [1.54, 1.807) is 0 Å². The van der Waals surface area contributed by atoms with Crippen LogP contribution >= 0.6 is 0 Å². The van der Waals surface area contributed by atoms with E-state index in [1.807, 2.05) is 0 Å². The van der Waals surface area contributed by atoms with Gasteiger partial charge >= 0.3 is 0 Å². The normalized spacial score (nSPS) is 17.4. The highest BCUT2D eigenvalue weighted by molar-refractivity contribution is 4.66. The SMILES string of the molecule is CCCCC(O)CCC(O)CCC(O)CCC(O)CCO. The molecule has 0 amide bonds. The number of rotatable bonds is 14. The van der Waals surface area contributed by atoms with E-state index < -0.39 is 18.3 Å². The van der Waals surface area contributed by atoms with Crippen LogP contribution in [0.15, 0.2) is 0 Å².